The number of amides is 3. The molecule has 0 radical (unpaired) electrons. The smallest absolute Gasteiger partial charge is 0.408 e. The molecule has 0 heterocycles. The quantitative estimate of drug-likeness (QED) is 0.549. The first-order valence-corrected chi connectivity index (χ1v) is 10.0. The Labute approximate surface area is 187 Å². The van der Waals surface area contributed by atoms with Gasteiger partial charge in [0.05, 0.1) is 7.11 Å². The Morgan fingerprint density at radius 3 is 2.31 bits per heavy atom. The highest BCUT2D eigenvalue weighted by molar-refractivity contribution is 5.93. The highest BCUT2D eigenvalue weighted by Gasteiger charge is 2.16. The Kier molecular flexibility index (Phi) is 8.88. The summed E-state index contributed by atoms with van der Waals surface area (Å²) in [6, 6.07) is 14.1. The number of carbonyl (C=O) groups excluding carboxylic acids is 3. The number of hydrogen-bond donors (Lipinski definition) is 3. The molecule has 0 spiro atoms. The summed E-state index contributed by atoms with van der Waals surface area (Å²) in [4.78, 5) is 35.8. The standard InChI is InChI=1S/C23H29N3O6/c1-23(2,3)32-22(29)25-14-20(27)26-17-9-7-8-16(12-17)13-24-21(28)15-31-19-11-6-5-10-18(19)30-4/h5-12H,13-15H2,1-4H3,(H,24,28)(H,25,29)(H,26,27). The van der Waals surface area contributed by atoms with Crippen LogP contribution in [0, 0.1) is 0 Å². The van der Waals surface area contributed by atoms with Gasteiger partial charge in [0.15, 0.2) is 18.1 Å². The van der Waals surface area contributed by atoms with Crippen molar-refractivity contribution in [2.24, 2.45) is 0 Å². The van der Waals surface area contributed by atoms with Crippen molar-refractivity contribution in [2.75, 3.05) is 25.6 Å². The van der Waals surface area contributed by atoms with Gasteiger partial charge in [-0.15, -0.1) is 0 Å². The molecular formula is C23H29N3O6. The van der Waals surface area contributed by atoms with Crippen LogP contribution in [0.1, 0.15) is 26.3 Å². The van der Waals surface area contributed by atoms with Crippen LogP contribution in [0.4, 0.5) is 10.5 Å². The first kappa shape index (κ1) is 24.5. The molecule has 0 unspecified atom stereocenters. The van der Waals surface area contributed by atoms with Crippen LogP contribution >= 0.6 is 0 Å². The molecule has 0 saturated carbocycles. The van der Waals surface area contributed by atoms with Crippen molar-refractivity contribution < 1.29 is 28.6 Å². The molecule has 3 N–H and O–H groups in total. The molecule has 9 heteroatoms. The molecule has 2 rings (SSSR count). The van der Waals surface area contributed by atoms with E-state index < -0.39 is 17.6 Å². The zero-order valence-electron chi connectivity index (χ0n) is 18.7. The predicted molar refractivity (Wildman–Crippen MR) is 120 cm³/mol. The summed E-state index contributed by atoms with van der Waals surface area (Å²) in [6.45, 7) is 5.09. The minimum absolute atomic E-state index is 0.160. The summed E-state index contributed by atoms with van der Waals surface area (Å²) in [5.74, 6) is 0.328. The van der Waals surface area contributed by atoms with E-state index in [9.17, 15) is 14.4 Å². The van der Waals surface area contributed by atoms with E-state index >= 15 is 0 Å². The predicted octanol–water partition coefficient (Wildman–Crippen LogP) is 2.85. The number of methoxy groups -OCH3 is 1. The number of carbonyl (C=O) groups is 3. The van der Waals surface area contributed by atoms with Gasteiger partial charge in [-0.05, 0) is 50.6 Å². The number of ether oxygens (including phenoxy) is 3. The lowest BCUT2D eigenvalue weighted by Crippen LogP contribution is -2.37. The summed E-state index contributed by atoms with van der Waals surface area (Å²) in [7, 11) is 1.53. The van der Waals surface area contributed by atoms with E-state index in [-0.39, 0.29) is 25.6 Å². The van der Waals surface area contributed by atoms with Crippen molar-refractivity contribution in [1.82, 2.24) is 10.6 Å². The number of alkyl carbamates (subject to hydrolysis) is 1. The SMILES string of the molecule is COc1ccccc1OCC(=O)NCc1cccc(NC(=O)CNC(=O)OC(C)(C)C)c1. The Bertz CT molecular complexity index is 939. The molecular weight excluding hydrogens is 414 g/mol. The normalized spacial score (nSPS) is 10.6. The van der Waals surface area contributed by atoms with Crippen LogP contribution in [0.5, 0.6) is 11.5 Å². The van der Waals surface area contributed by atoms with E-state index in [0.717, 1.165) is 5.56 Å². The van der Waals surface area contributed by atoms with Crippen molar-refractivity contribution in [3.63, 3.8) is 0 Å². The van der Waals surface area contributed by atoms with Crippen LogP contribution in [0.25, 0.3) is 0 Å². The summed E-state index contributed by atoms with van der Waals surface area (Å²) >= 11 is 0. The van der Waals surface area contributed by atoms with Crippen molar-refractivity contribution in [2.45, 2.75) is 32.9 Å². The van der Waals surface area contributed by atoms with Crippen LogP contribution in [-0.4, -0.2) is 43.8 Å². The van der Waals surface area contributed by atoms with Gasteiger partial charge in [-0.25, -0.2) is 4.79 Å². The van der Waals surface area contributed by atoms with Gasteiger partial charge in [0, 0.05) is 12.2 Å². The van der Waals surface area contributed by atoms with Crippen LogP contribution in [0.2, 0.25) is 0 Å². The topological polar surface area (TPSA) is 115 Å². The van der Waals surface area contributed by atoms with E-state index in [1.165, 1.54) is 7.11 Å². The summed E-state index contributed by atoms with van der Waals surface area (Å²) in [5, 5.41) is 7.84. The maximum atomic E-state index is 12.1. The second-order valence-corrected chi connectivity index (χ2v) is 7.82. The molecule has 32 heavy (non-hydrogen) atoms. The van der Waals surface area contributed by atoms with Gasteiger partial charge in [-0.3, -0.25) is 9.59 Å². The average molecular weight is 444 g/mol. The minimum atomic E-state index is -0.667. The van der Waals surface area contributed by atoms with E-state index in [2.05, 4.69) is 16.0 Å². The largest absolute Gasteiger partial charge is 0.493 e. The zero-order valence-corrected chi connectivity index (χ0v) is 18.7. The molecule has 3 amide bonds. The molecule has 9 nitrogen and oxygen atoms in total. The Balaban J connectivity index is 1.78. The summed E-state index contributed by atoms with van der Waals surface area (Å²) in [5.41, 5.74) is 0.684. The van der Waals surface area contributed by atoms with Crippen molar-refractivity contribution in [3.8, 4) is 11.5 Å². The second kappa shape index (κ2) is 11.6. The van der Waals surface area contributed by atoms with Gasteiger partial charge in [-0.1, -0.05) is 24.3 Å². The summed E-state index contributed by atoms with van der Waals surface area (Å²) < 4.78 is 15.8. The molecule has 0 aliphatic heterocycles. The van der Waals surface area contributed by atoms with Crippen LogP contribution < -0.4 is 25.4 Å². The Hall–Kier alpha value is -3.75. The van der Waals surface area contributed by atoms with Gasteiger partial charge in [0.25, 0.3) is 5.91 Å². The van der Waals surface area contributed by atoms with E-state index in [4.69, 9.17) is 14.2 Å². The first-order valence-electron chi connectivity index (χ1n) is 10.0. The lowest BCUT2D eigenvalue weighted by molar-refractivity contribution is -0.123. The number of rotatable bonds is 9. The number of anilines is 1. The maximum Gasteiger partial charge on any atom is 0.408 e. The van der Waals surface area contributed by atoms with E-state index in [1.807, 2.05) is 12.1 Å². The first-order chi connectivity index (χ1) is 15.2. The number of hydrogen-bond acceptors (Lipinski definition) is 6. The lowest BCUT2D eigenvalue weighted by Gasteiger charge is -2.19. The Morgan fingerprint density at radius 2 is 1.62 bits per heavy atom. The number of nitrogens with one attached hydrogen (secondary N) is 3. The summed E-state index contributed by atoms with van der Waals surface area (Å²) in [6.07, 6.45) is -0.667. The fourth-order valence-electron chi connectivity index (χ4n) is 2.56. The van der Waals surface area contributed by atoms with E-state index in [1.54, 1.807) is 57.2 Å². The number of benzene rings is 2. The molecule has 0 fully saturated rings. The average Bonchev–Trinajstić information content (AvgIpc) is 2.74. The fraction of sp³-hybridized carbons (Fsp3) is 0.348. The third-order valence-electron chi connectivity index (χ3n) is 3.92. The van der Waals surface area contributed by atoms with Crippen molar-refractivity contribution >= 4 is 23.6 Å². The number of para-hydroxylation sites is 2. The molecule has 0 saturated heterocycles. The molecule has 0 aliphatic carbocycles. The molecule has 0 aromatic heterocycles. The molecule has 0 aliphatic rings. The van der Waals surface area contributed by atoms with Crippen molar-refractivity contribution in [3.05, 3.63) is 54.1 Å². The van der Waals surface area contributed by atoms with Crippen LogP contribution in [0.3, 0.4) is 0 Å². The van der Waals surface area contributed by atoms with Gasteiger partial charge in [-0.2, -0.15) is 0 Å². The van der Waals surface area contributed by atoms with Gasteiger partial charge >= 0.3 is 6.09 Å². The van der Waals surface area contributed by atoms with Crippen LogP contribution in [-0.2, 0) is 20.9 Å². The molecule has 2 aromatic carbocycles. The highest BCUT2D eigenvalue weighted by atomic mass is 16.6. The molecule has 0 bridgehead atoms. The lowest BCUT2D eigenvalue weighted by atomic mass is 10.2. The third-order valence-corrected chi connectivity index (χ3v) is 3.92. The third kappa shape index (κ3) is 8.95. The maximum absolute atomic E-state index is 12.1. The molecule has 2 aromatic rings. The fourth-order valence-corrected chi connectivity index (χ4v) is 2.56. The second-order valence-electron chi connectivity index (χ2n) is 7.82. The van der Waals surface area contributed by atoms with Gasteiger partial charge in [0.1, 0.15) is 12.1 Å². The van der Waals surface area contributed by atoms with E-state index in [0.29, 0.717) is 17.2 Å². The molecule has 0 atom stereocenters. The van der Waals surface area contributed by atoms with Gasteiger partial charge < -0.3 is 30.2 Å². The Morgan fingerprint density at radius 1 is 0.906 bits per heavy atom. The molecule has 172 valence electrons. The van der Waals surface area contributed by atoms with Gasteiger partial charge in [0.2, 0.25) is 5.91 Å². The highest BCUT2D eigenvalue weighted by Crippen LogP contribution is 2.25. The van der Waals surface area contributed by atoms with Crippen LogP contribution in [0.15, 0.2) is 48.5 Å². The monoisotopic (exact) mass is 443 g/mol. The minimum Gasteiger partial charge on any atom is -0.493 e. The zero-order chi connectivity index (χ0) is 23.6. The van der Waals surface area contributed by atoms with Crippen molar-refractivity contribution in [1.29, 1.82) is 0 Å².